The molecule has 3 rings (SSSR count). The van der Waals surface area contributed by atoms with Crippen molar-refractivity contribution in [2.45, 2.75) is 6.10 Å². The fourth-order valence-corrected chi connectivity index (χ4v) is 2.31. The quantitative estimate of drug-likeness (QED) is 0.819. The summed E-state index contributed by atoms with van der Waals surface area (Å²) >= 11 is 0. The van der Waals surface area contributed by atoms with Crippen LogP contribution in [0, 0.1) is 0 Å². The maximum absolute atomic E-state index is 12.3. The molecule has 1 saturated heterocycles. The first-order valence-electron chi connectivity index (χ1n) is 6.56. The Morgan fingerprint density at radius 1 is 1.35 bits per heavy atom. The van der Waals surface area contributed by atoms with Crippen molar-refractivity contribution in [2.75, 3.05) is 19.7 Å². The lowest BCUT2D eigenvalue weighted by atomic mass is 10.1. The number of benzene rings is 1. The zero-order valence-corrected chi connectivity index (χ0v) is 11.3. The molecule has 2 aromatic rings. The first-order valence-corrected chi connectivity index (χ1v) is 6.56. The third-order valence-electron chi connectivity index (χ3n) is 3.35. The van der Waals surface area contributed by atoms with Crippen molar-refractivity contribution < 1.29 is 9.53 Å². The number of carbonyl (C=O) groups excluding carboxylic acids is 1. The van der Waals surface area contributed by atoms with E-state index in [0.29, 0.717) is 25.4 Å². The van der Waals surface area contributed by atoms with E-state index < -0.39 is 0 Å². The van der Waals surface area contributed by atoms with Crippen molar-refractivity contribution in [3.63, 3.8) is 0 Å². The second-order valence-electron chi connectivity index (χ2n) is 4.80. The summed E-state index contributed by atoms with van der Waals surface area (Å²) in [6, 6.07) is 9.95. The van der Waals surface area contributed by atoms with Crippen LogP contribution < -0.4 is 0 Å². The molecule has 0 spiro atoms. The number of aryl methyl sites for hydroxylation is 1. The lowest BCUT2D eigenvalue weighted by Gasteiger charge is -2.32. The van der Waals surface area contributed by atoms with Gasteiger partial charge < -0.3 is 9.64 Å². The minimum absolute atomic E-state index is 0.0782. The van der Waals surface area contributed by atoms with E-state index in [-0.39, 0.29) is 12.0 Å². The van der Waals surface area contributed by atoms with Gasteiger partial charge >= 0.3 is 0 Å². The summed E-state index contributed by atoms with van der Waals surface area (Å²) in [6.07, 6.45) is 1.56. The van der Waals surface area contributed by atoms with E-state index in [1.54, 1.807) is 18.1 Å². The molecule has 0 radical (unpaired) electrons. The molecule has 0 N–H and O–H groups in total. The van der Waals surface area contributed by atoms with E-state index in [4.69, 9.17) is 4.74 Å². The fraction of sp³-hybridized carbons (Fsp3) is 0.357. The summed E-state index contributed by atoms with van der Waals surface area (Å²) in [4.78, 5) is 14.1. The van der Waals surface area contributed by atoms with Crippen LogP contribution in [0.5, 0.6) is 0 Å². The largest absolute Gasteiger partial charge is 0.370 e. The number of amides is 1. The number of aromatic nitrogens is 3. The van der Waals surface area contributed by atoms with Crippen LogP contribution in [0.2, 0.25) is 0 Å². The minimum Gasteiger partial charge on any atom is -0.370 e. The smallest absolute Gasteiger partial charge is 0.276 e. The zero-order chi connectivity index (χ0) is 13.9. The normalized spacial score (nSPS) is 19.1. The van der Waals surface area contributed by atoms with Gasteiger partial charge in [0, 0.05) is 13.6 Å². The van der Waals surface area contributed by atoms with Gasteiger partial charge in [-0.3, -0.25) is 9.48 Å². The highest BCUT2D eigenvalue weighted by molar-refractivity contribution is 5.92. The van der Waals surface area contributed by atoms with Crippen molar-refractivity contribution in [1.82, 2.24) is 19.9 Å². The summed E-state index contributed by atoms with van der Waals surface area (Å²) < 4.78 is 7.28. The number of rotatable bonds is 2. The van der Waals surface area contributed by atoms with Crippen LogP contribution in [0.25, 0.3) is 0 Å². The van der Waals surface area contributed by atoms with E-state index in [2.05, 4.69) is 10.3 Å². The Morgan fingerprint density at radius 2 is 2.15 bits per heavy atom. The summed E-state index contributed by atoms with van der Waals surface area (Å²) in [5, 5.41) is 7.67. The first-order chi connectivity index (χ1) is 9.74. The van der Waals surface area contributed by atoms with E-state index in [1.165, 1.54) is 4.68 Å². The number of nitrogens with zero attached hydrogens (tertiary/aromatic N) is 4. The van der Waals surface area contributed by atoms with Gasteiger partial charge in [0.2, 0.25) is 0 Å². The molecule has 1 aromatic heterocycles. The molecule has 104 valence electrons. The summed E-state index contributed by atoms with van der Waals surface area (Å²) in [5.74, 6) is -0.0951. The Bertz CT molecular complexity index is 596. The summed E-state index contributed by atoms with van der Waals surface area (Å²) in [7, 11) is 1.75. The topological polar surface area (TPSA) is 60.2 Å². The van der Waals surface area contributed by atoms with Crippen LogP contribution in [0.3, 0.4) is 0 Å². The Hall–Kier alpha value is -2.21. The molecule has 0 saturated carbocycles. The average molecular weight is 272 g/mol. The molecule has 1 aliphatic rings. The number of morpholine rings is 1. The Labute approximate surface area is 117 Å². The van der Waals surface area contributed by atoms with Crippen LogP contribution in [0.4, 0.5) is 0 Å². The van der Waals surface area contributed by atoms with Crippen LogP contribution in [0.15, 0.2) is 36.5 Å². The number of hydrogen-bond acceptors (Lipinski definition) is 4. The summed E-state index contributed by atoms with van der Waals surface area (Å²) in [6.45, 7) is 1.66. The number of hydrogen-bond donors (Lipinski definition) is 0. The van der Waals surface area contributed by atoms with Gasteiger partial charge in [-0.1, -0.05) is 35.5 Å². The minimum atomic E-state index is -0.0951. The number of ether oxygens (including phenoxy) is 1. The van der Waals surface area contributed by atoms with Crippen molar-refractivity contribution in [3.05, 3.63) is 47.8 Å². The van der Waals surface area contributed by atoms with Crippen molar-refractivity contribution in [1.29, 1.82) is 0 Å². The predicted octanol–water partition coefficient (Wildman–Crippen LogP) is 1.03. The molecular formula is C14H16N4O2. The van der Waals surface area contributed by atoms with Crippen molar-refractivity contribution >= 4 is 5.91 Å². The van der Waals surface area contributed by atoms with Gasteiger partial charge in [0.1, 0.15) is 6.10 Å². The third kappa shape index (κ3) is 2.55. The van der Waals surface area contributed by atoms with Crippen LogP contribution in [0.1, 0.15) is 22.2 Å². The first kappa shape index (κ1) is 12.8. The van der Waals surface area contributed by atoms with Gasteiger partial charge in [-0.2, -0.15) is 0 Å². The molecule has 1 aliphatic heterocycles. The van der Waals surface area contributed by atoms with Gasteiger partial charge in [-0.25, -0.2) is 0 Å². The Balaban J connectivity index is 1.74. The van der Waals surface area contributed by atoms with Crippen molar-refractivity contribution in [2.24, 2.45) is 7.05 Å². The summed E-state index contributed by atoms with van der Waals surface area (Å²) in [5.41, 5.74) is 1.46. The Morgan fingerprint density at radius 3 is 2.85 bits per heavy atom. The highest BCUT2D eigenvalue weighted by atomic mass is 16.5. The monoisotopic (exact) mass is 272 g/mol. The van der Waals surface area contributed by atoms with Gasteiger partial charge in [-0.15, -0.1) is 5.10 Å². The van der Waals surface area contributed by atoms with E-state index in [9.17, 15) is 4.79 Å². The Kier molecular flexibility index (Phi) is 3.47. The highest BCUT2D eigenvalue weighted by Crippen LogP contribution is 2.22. The van der Waals surface area contributed by atoms with E-state index in [0.717, 1.165) is 5.56 Å². The standard InChI is InChI=1S/C14H16N4O2/c1-17-9-12(15-16-17)14(19)18-7-8-20-13(10-18)11-5-3-2-4-6-11/h2-6,9,13H,7-8,10H2,1H3. The molecule has 6 nitrogen and oxygen atoms in total. The maximum atomic E-state index is 12.3. The van der Waals surface area contributed by atoms with E-state index in [1.807, 2.05) is 30.3 Å². The van der Waals surface area contributed by atoms with Crippen LogP contribution >= 0.6 is 0 Å². The second-order valence-corrected chi connectivity index (χ2v) is 4.80. The lowest BCUT2D eigenvalue weighted by Crippen LogP contribution is -2.42. The van der Waals surface area contributed by atoms with Gasteiger partial charge in [-0.05, 0) is 5.56 Å². The molecule has 20 heavy (non-hydrogen) atoms. The third-order valence-corrected chi connectivity index (χ3v) is 3.35. The zero-order valence-electron chi connectivity index (χ0n) is 11.3. The molecule has 6 heteroatoms. The molecule has 1 unspecified atom stereocenters. The second kappa shape index (κ2) is 5.42. The van der Waals surface area contributed by atoms with Gasteiger partial charge in [0.15, 0.2) is 5.69 Å². The molecule has 1 amide bonds. The molecule has 0 aliphatic carbocycles. The fourth-order valence-electron chi connectivity index (χ4n) is 2.31. The van der Waals surface area contributed by atoms with E-state index >= 15 is 0 Å². The van der Waals surface area contributed by atoms with Crippen molar-refractivity contribution in [3.8, 4) is 0 Å². The average Bonchev–Trinajstić information content (AvgIpc) is 2.94. The maximum Gasteiger partial charge on any atom is 0.276 e. The van der Waals surface area contributed by atoms with Crippen LogP contribution in [-0.2, 0) is 11.8 Å². The predicted molar refractivity (Wildman–Crippen MR) is 72.0 cm³/mol. The molecular weight excluding hydrogens is 256 g/mol. The number of carbonyl (C=O) groups is 1. The molecule has 2 heterocycles. The molecule has 1 fully saturated rings. The lowest BCUT2D eigenvalue weighted by molar-refractivity contribution is -0.0230. The molecule has 1 atom stereocenters. The van der Waals surface area contributed by atoms with Gasteiger partial charge in [0.25, 0.3) is 5.91 Å². The SMILES string of the molecule is Cn1cc(C(=O)N2CCOC(c3ccccc3)C2)nn1. The highest BCUT2D eigenvalue weighted by Gasteiger charge is 2.27. The molecule has 1 aromatic carbocycles. The van der Waals surface area contributed by atoms with Crippen LogP contribution in [-0.4, -0.2) is 45.5 Å². The van der Waals surface area contributed by atoms with Gasteiger partial charge in [0.05, 0.1) is 19.3 Å². The molecule has 0 bridgehead atoms.